The van der Waals surface area contributed by atoms with Gasteiger partial charge in [0.1, 0.15) is 12.0 Å². The third kappa shape index (κ3) is 6.26. The Labute approximate surface area is 205 Å². The fourth-order valence-electron chi connectivity index (χ4n) is 3.87. The van der Waals surface area contributed by atoms with Crippen molar-refractivity contribution >= 4 is 23.2 Å². The van der Waals surface area contributed by atoms with Gasteiger partial charge in [0.25, 0.3) is 5.91 Å². The Balaban J connectivity index is 1.29. The van der Waals surface area contributed by atoms with Crippen LogP contribution in [0.5, 0.6) is 5.75 Å². The number of benzene rings is 2. The number of oxazole rings is 1. The molecule has 0 aliphatic carbocycles. The van der Waals surface area contributed by atoms with Crippen molar-refractivity contribution in [3.63, 3.8) is 0 Å². The molecule has 1 aliphatic heterocycles. The van der Waals surface area contributed by atoms with Gasteiger partial charge in [0.15, 0.2) is 5.69 Å². The van der Waals surface area contributed by atoms with Gasteiger partial charge in [-0.1, -0.05) is 23.7 Å². The maximum absolute atomic E-state index is 12.9. The van der Waals surface area contributed by atoms with E-state index in [4.69, 9.17) is 20.8 Å². The van der Waals surface area contributed by atoms with Crippen LogP contribution in [0.3, 0.4) is 0 Å². The Morgan fingerprint density at radius 1 is 1.17 bits per heavy atom. The summed E-state index contributed by atoms with van der Waals surface area (Å²) < 4.78 is 49.5. The number of halogens is 4. The van der Waals surface area contributed by atoms with Crippen molar-refractivity contribution in [3.05, 3.63) is 76.5 Å². The van der Waals surface area contributed by atoms with Gasteiger partial charge in [0, 0.05) is 37.7 Å². The van der Waals surface area contributed by atoms with Gasteiger partial charge in [-0.05, 0) is 35.9 Å². The summed E-state index contributed by atoms with van der Waals surface area (Å²) in [4.78, 5) is 21.0. The fraction of sp³-hybridized carbons (Fsp3) is 0.333. The zero-order valence-electron chi connectivity index (χ0n) is 18.9. The molecule has 2 heterocycles. The minimum atomic E-state index is -4.44. The molecule has 1 amide bonds. The first-order chi connectivity index (χ1) is 16.7. The van der Waals surface area contributed by atoms with E-state index in [-0.39, 0.29) is 12.2 Å². The zero-order chi connectivity index (χ0) is 25.0. The molecule has 1 aliphatic rings. The number of aromatic nitrogens is 1. The summed E-state index contributed by atoms with van der Waals surface area (Å²) in [5, 5.41) is 3.22. The standard InChI is InChI=1S/C24H24ClF3N4O3/c1-34-21-6-5-18(25)12-20(21)32-9-7-31(8-10-32)14-22-30-19(15-35-22)23(33)29-13-16-3-2-4-17(11-16)24(26,27)28/h2-6,11-12,15H,7-10,13-14H2,1H3,(H,29,33). The van der Waals surface area contributed by atoms with E-state index in [1.54, 1.807) is 13.2 Å². The van der Waals surface area contributed by atoms with E-state index in [0.29, 0.717) is 23.0 Å². The van der Waals surface area contributed by atoms with E-state index in [1.807, 2.05) is 12.1 Å². The van der Waals surface area contributed by atoms with Crippen LogP contribution in [0.15, 0.2) is 53.1 Å². The lowest BCUT2D eigenvalue weighted by atomic mass is 10.1. The first-order valence-electron chi connectivity index (χ1n) is 10.9. The molecule has 0 bridgehead atoms. The molecule has 2 aromatic carbocycles. The topological polar surface area (TPSA) is 70.8 Å². The van der Waals surface area contributed by atoms with Gasteiger partial charge in [-0.3, -0.25) is 9.69 Å². The quantitative estimate of drug-likeness (QED) is 0.503. The Hall–Kier alpha value is -3.24. The summed E-state index contributed by atoms with van der Waals surface area (Å²) in [7, 11) is 1.62. The minimum absolute atomic E-state index is 0.0557. The molecule has 0 saturated carbocycles. The van der Waals surface area contributed by atoms with E-state index in [2.05, 4.69) is 20.1 Å². The van der Waals surface area contributed by atoms with Crippen molar-refractivity contribution in [2.45, 2.75) is 19.3 Å². The lowest BCUT2D eigenvalue weighted by Gasteiger charge is -2.36. The van der Waals surface area contributed by atoms with E-state index < -0.39 is 17.6 Å². The molecule has 3 aromatic rings. The second-order valence-corrected chi connectivity index (χ2v) is 8.52. The molecular weight excluding hydrogens is 485 g/mol. The molecule has 4 rings (SSSR count). The van der Waals surface area contributed by atoms with Crippen molar-refractivity contribution in [3.8, 4) is 5.75 Å². The monoisotopic (exact) mass is 508 g/mol. The second kappa shape index (κ2) is 10.6. The smallest absolute Gasteiger partial charge is 0.416 e. The first kappa shape index (κ1) is 24.9. The van der Waals surface area contributed by atoms with E-state index in [9.17, 15) is 18.0 Å². The normalized spacial score (nSPS) is 14.7. The van der Waals surface area contributed by atoms with Crippen LogP contribution in [0.4, 0.5) is 18.9 Å². The third-order valence-electron chi connectivity index (χ3n) is 5.70. The van der Waals surface area contributed by atoms with Gasteiger partial charge >= 0.3 is 6.18 Å². The summed E-state index contributed by atoms with van der Waals surface area (Å²) in [5.74, 6) is 0.634. The highest BCUT2D eigenvalue weighted by Crippen LogP contribution is 2.32. The predicted octanol–water partition coefficient (Wildman–Crippen LogP) is 4.61. The number of methoxy groups -OCH3 is 1. The molecule has 1 saturated heterocycles. The zero-order valence-corrected chi connectivity index (χ0v) is 19.7. The molecule has 11 heteroatoms. The molecule has 1 aromatic heterocycles. The number of carbonyl (C=O) groups excluding carboxylic acids is 1. The fourth-order valence-corrected chi connectivity index (χ4v) is 4.03. The molecule has 0 spiro atoms. The van der Waals surface area contributed by atoms with Crippen molar-refractivity contribution < 1.29 is 27.1 Å². The third-order valence-corrected chi connectivity index (χ3v) is 5.94. The van der Waals surface area contributed by atoms with Gasteiger partial charge in [-0.25, -0.2) is 4.98 Å². The summed E-state index contributed by atoms with van der Waals surface area (Å²) in [6.45, 7) is 3.37. The van der Waals surface area contributed by atoms with Gasteiger partial charge in [-0.15, -0.1) is 0 Å². The lowest BCUT2D eigenvalue weighted by molar-refractivity contribution is -0.137. The van der Waals surface area contributed by atoms with Crippen molar-refractivity contribution in [1.29, 1.82) is 0 Å². The SMILES string of the molecule is COc1ccc(Cl)cc1N1CCN(Cc2nc(C(=O)NCc3cccc(C(F)(F)F)c3)co2)CC1. The van der Waals surface area contributed by atoms with Crippen molar-refractivity contribution in [2.24, 2.45) is 0 Å². The van der Waals surface area contributed by atoms with E-state index in [0.717, 1.165) is 49.7 Å². The van der Waals surface area contributed by atoms with Crippen LogP contribution in [0.25, 0.3) is 0 Å². The minimum Gasteiger partial charge on any atom is -0.495 e. The Bertz CT molecular complexity index is 1180. The maximum Gasteiger partial charge on any atom is 0.416 e. The molecule has 1 fully saturated rings. The van der Waals surface area contributed by atoms with Crippen LogP contribution in [0, 0.1) is 0 Å². The Morgan fingerprint density at radius 2 is 1.94 bits per heavy atom. The predicted molar refractivity (Wildman–Crippen MR) is 125 cm³/mol. The average Bonchev–Trinajstić information content (AvgIpc) is 3.31. The maximum atomic E-state index is 12.9. The number of ether oxygens (including phenoxy) is 1. The number of nitrogens with one attached hydrogen (secondary N) is 1. The molecule has 0 atom stereocenters. The molecule has 0 radical (unpaired) electrons. The Morgan fingerprint density at radius 3 is 2.66 bits per heavy atom. The molecule has 0 unspecified atom stereocenters. The van der Waals surface area contributed by atoms with Gasteiger partial charge < -0.3 is 19.4 Å². The molecule has 35 heavy (non-hydrogen) atoms. The summed E-state index contributed by atoms with van der Waals surface area (Å²) in [6, 6.07) is 10.3. The summed E-state index contributed by atoms with van der Waals surface area (Å²) in [5.41, 5.74) is 0.595. The van der Waals surface area contributed by atoms with Crippen LogP contribution in [0.1, 0.15) is 27.5 Å². The number of carbonyl (C=O) groups is 1. The largest absolute Gasteiger partial charge is 0.495 e. The number of nitrogens with zero attached hydrogens (tertiary/aromatic N) is 3. The lowest BCUT2D eigenvalue weighted by Crippen LogP contribution is -2.46. The molecule has 186 valence electrons. The van der Waals surface area contributed by atoms with Crippen LogP contribution in [-0.2, 0) is 19.3 Å². The van der Waals surface area contributed by atoms with Gasteiger partial charge in [0.05, 0.1) is 24.9 Å². The number of alkyl halides is 3. The van der Waals surface area contributed by atoms with Crippen molar-refractivity contribution in [1.82, 2.24) is 15.2 Å². The van der Waals surface area contributed by atoms with E-state index in [1.165, 1.54) is 18.4 Å². The van der Waals surface area contributed by atoms with Gasteiger partial charge in [-0.2, -0.15) is 13.2 Å². The average molecular weight is 509 g/mol. The number of hydrogen-bond donors (Lipinski definition) is 1. The Kier molecular flexibility index (Phi) is 7.51. The van der Waals surface area contributed by atoms with Crippen molar-refractivity contribution in [2.75, 3.05) is 38.2 Å². The number of anilines is 1. The van der Waals surface area contributed by atoms with Crippen LogP contribution >= 0.6 is 11.6 Å². The summed E-state index contributed by atoms with van der Waals surface area (Å²) >= 11 is 6.15. The highest BCUT2D eigenvalue weighted by atomic mass is 35.5. The van der Waals surface area contributed by atoms with E-state index >= 15 is 0 Å². The molecule has 1 N–H and O–H groups in total. The highest BCUT2D eigenvalue weighted by molar-refractivity contribution is 6.30. The highest BCUT2D eigenvalue weighted by Gasteiger charge is 2.30. The molecule has 7 nitrogen and oxygen atoms in total. The number of rotatable bonds is 7. The first-order valence-corrected chi connectivity index (χ1v) is 11.3. The second-order valence-electron chi connectivity index (χ2n) is 8.09. The van der Waals surface area contributed by atoms with Crippen LogP contribution in [-0.4, -0.2) is 49.1 Å². The number of piperazine rings is 1. The number of hydrogen-bond acceptors (Lipinski definition) is 6. The molecular formula is C24H24ClF3N4O3. The number of amides is 1. The summed E-state index contributed by atoms with van der Waals surface area (Å²) in [6.07, 6.45) is -3.18. The van der Waals surface area contributed by atoms with Gasteiger partial charge in [0.2, 0.25) is 5.89 Å². The van der Waals surface area contributed by atoms with Crippen LogP contribution < -0.4 is 15.0 Å². The van der Waals surface area contributed by atoms with Crippen LogP contribution in [0.2, 0.25) is 5.02 Å².